The van der Waals surface area contributed by atoms with E-state index in [0.29, 0.717) is 11.2 Å². The third-order valence-electron chi connectivity index (χ3n) is 2.21. The van der Waals surface area contributed by atoms with Crippen LogP contribution in [0.3, 0.4) is 0 Å². The lowest BCUT2D eigenvalue weighted by molar-refractivity contribution is 0.187. The van der Waals surface area contributed by atoms with Gasteiger partial charge in [-0.3, -0.25) is 4.72 Å². The van der Waals surface area contributed by atoms with Gasteiger partial charge in [-0.1, -0.05) is 38.0 Å². The number of sulfonamides is 1. The number of pyridine rings is 1. The largest absolute Gasteiger partial charge is 0.426 e. The summed E-state index contributed by atoms with van der Waals surface area (Å²) in [5, 5.41) is 9.52. The molecule has 7 heteroatoms. The fourth-order valence-corrected chi connectivity index (χ4v) is 2.65. The van der Waals surface area contributed by atoms with E-state index in [1.54, 1.807) is 6.07 Å². The van der Waals surface area contributed by atoms with Crippen LogP contribution < -0.4 is 4.72 Å². The first-order chi connectivity index (χ1) is 7.96. The van der Waals surface area contributed by atoms with Crippen molar-refractivity contribution in [2.24, 2.45) is 0 Å². The Hall–Kier alpha value is -1.08. The predicted octanol–water partition coefficient (Wildman–Crippen LogP) is 2.39. The van der Waals surface area contributed by atoms with Crippen LogP contribution in [0.25, 0.3) is 0 Å². The van der Waals surface area contributed by atoms with E-state index in [0.717, 1.165) is 12.8 Å². The number of aromatic nitrogens is 1. The summed E-state index contributed by atoms with van der Waals surface area (Å²) in [5.74, 6) is 0.108. The van der Waals surface area contributed by atoms with Gasteiger partial charge in [0, 0.05) is 0 Å². The first-order valence-electron chi connectivity index (χ1n) is 5.38. The van der Waals surface area contributed by atoms with E-state index in [4.69, 9.17) is 12.2 Å². The van der Waals surface area contributed by atoms with Crippen molar-refractivity contribution in [3.8, 4) is 0 Å². The molecule has 0 fully saturated rings. The minimum absolute atomic E-state index is 0.0441. The second kappa shape index (κ2) is 6.02. The Morgan fingerprint density at radius 3 is 2.76 bits per heavy atom. The van der Waals surface area contributed by atoms with Crippen molar-refractivity contribution in [3.63, 3.8) is 0 Å². The zero-order valence-electron chi connectivity index (χ0n) is 9.59. The Labute approximate surface area is 106 Å². The van der Waals surface area contributed by atoms with E-state index in [1.807, 2.05) is 6.92 Å². The SMILES string of the molecule is CCCCCS(=O)(=O)Nc1cccc(=S)n1O. The van der Waals surface area contributed by atoms with Crippen LogP contribution in [0.2, 0.25) is 0 Å². The highest BCUT2D eigenvalue weighted by atomic mass is 32.2. The standard InChI is InChI=1S/C10H16N2O3S2/c1-2-3-4-8-17(14,15)11-9-6-5-7-10(16)12(9)13/h5-7,11,13H,2-4,8H2,1H3. The normalized spacial score (nSPS) is 11.4. The summed E-state index contributed by atoms with van der Waals surface area (Å²) in [6, 6.07) is 4.54. The lowest BCUT2D eigenvalue weighted by atomic mass is 10.3. The maximum Gasteiger partial charge on any atom is 0.233 e. The number of rotatable bonds is 6. The summed E-state index contributed by atoms with van der Waals surface area (Å²) in [5.41, 5.74) is 0. The summed E-state index contributed by atoms with van der Waals surface area (Å²) in [7, 11) is -3.42. The van der Waals surface area contributed by atoms with Crippen LogP contribution in [0.4, 0.5) is 5.82 Å². The van der Waals surface area contributed by atoms with Gasteiger partial charge in [-0.05, 0) is 18.6 Å². The topological polar surface area (TPSA) is 71.3 Å². The number of unbranched alkanes of at least 4 members (excludes halogenated alkanes) is 2. The Balaban J connectivity index is 2.77. The third-order valence-corrected chi connectivity index (χ3v) is 3.86. The van der Waals surface area contributed by atoms with Crippen LogP contribution in [0, 0.1) is 4.64 Å². The lowest BCUT2D eigenvalue weighted by Crippen LogP contribution is -2.19. The van der Waals surface area contributed by atoms with Gasteiger partial charge < -0.3 is 5.21 Å². The zero-order chi connectivity index (χ0) is 12.9. The first kappa shape index (κ1) is 14.0. The van der Waals surface area contributed by atoms with Crippen LogP contribution in [0.1, 0.15) is 26.2 Å². The van der Waals surface area contributed by atoms with Crippen molar-refractivity contribution in [2.45, 2.75) is 26.2 Å². The second-order valence-electron chi connectivity index (χ2n) is 3.69. The number of nitrogens with one attached hydrogen (secondary N) is 1. The van der Waals surface area contributed by atoms with Crippen molar-refractivity contribution in [1.29, 1.82) is 0 Å². The molecule has 0 aromatic carbocycles. The van der Waals surface area contributed by atoms with Crippen molar-refractivity contribution < 1.29 is 13.6 Å². The number of anilines is 1. The van der Waals surface area contributed by atoms with Gasteiger partial charge in [0.25, 0.3) is 0 Å². The molecule has 0 unspecified atom stereocenters. The van der Waals surface area contributed by atoms with Crippen molar-refractivity contribution in [3.05, 3.63) is 22.8 Å². The molecule has 0 aliphatic carbocycles. The zero-order valence-corrected chi connectivity index (χ0v) is 11.2. The molecule has 1 aromatic heterocycles. The summed E-state index contributed by atoms with van der Waals surface area (Å²) < 4.78 is 26.4. The Morgan fingerprint density at radius 1 is 1.41 bits per heavy atom. The molecule has 0 spiro atoms. The lowest BCUT2D eigenvalue weighted by Gasteiger charge is -2.10. The molecule has 0 bridgehead atoms. The third kappa shape index (κ3) is 4.35. The molecule has 0 saturated carbocycles. The van der Waals surface area contributed by atoms with Crippen LogP contribution in [0.15, 0.2) is 18.2 Å². The molecule has 0 atom stereocenters. The second-order valence-corrected chi connectivity index (χ2v) is 5.95. The molecule has 1 aromatic rings. The molecule has 17 heavy (non-hydrogen) atoms. The average Bonchev–Trinajstić information content (AvgIpc) is 2.25. The van der Waals surface area contributed by atoms with Gasteiger partial charge in [0.15, 0.2) is 5.82 Å². The highest BCUT2D eigenvalue weighted by molar-refractivity contribution is 7.92. The Kier molecular flexibility index (Phi) is 4.95. The van der Waals surface area contributed by atoms with Crippen molar-refractivity contribution in [2.75, 3.05) is 10.5 Å². The molecule has 0 aliphatic heterocycles. The highest BCUT2D eigenvalue weighted by Gasteiger charge is 2.11. The van der Waals surface area contributed by atoms with Gasteiger partial charge in [0.2, 0.25) is 10.0 Å². The molecule has 1 rings (SSSR count). The average molecular weight is 276 g/mol. The summed E-state index contributed by atoms with van der Waals surface area (Å²) in [6.45, 7) is 2.00. The molecular formula is C10H16N2O3S2. The van der Waals surface area contributed by atoms with E-state index in [2.05, 4.69) is 4.72 Å². The van der Waals surface area contributed by atoms with Crippen molar-refractivity contribution >= 4 is 28.1 Å². The maximum atomic E-state index is 11.7. The van der Waals surface area contributed by atoms with E-state index in [9.17, 15) is 13.6 Å². The Bertz CT molecular complexity index is 523. The smallest absolute Gasteiger partial charge is 0.233 e. The monoisotopic (exact) mass is 276 g/mol. The van der Waals surface area contributed by atoms with Gasteiger partial charge in [-0.15, -0.1) is 0 Å². The van der Waals surface area contributed by atoms with Gasteiger partial charge in [0.1, 0.15) is 4.64 Å². The Morgan fingerprint density at radius 2 is 2.12 bits per heavy atom. The fourth-order valence-electron chi connectivity index (χ4n) is 1.31. The van der Waals surface area contributed by atoms with E-state index >= 15 is 0 Å². The van der Waals surface area contributed by atoms with Crippen LogP contribution >= 0.6 is 12.2 Å². The van der Waals surface area contributed by atoms with Gasteiger partial charge in [-0.25, -0.2) is 8.42 Å². The molecule has 1 heterocycles. The van der Waals surface area contributed by atoms with Crippen LogP contribution in [-0.2, 0) is 10.0 Å². The predicted molar refractivity (Wildman–Crippen MR) is 69.4 cm³/mol. The number of hydrogen-bond donors (Lipinski definition) is 2. The van der Waals surface area contributed by atoms with E-state index in [1.165, 1.54) is 12.1 Å². The minimum atomic E-state index is -3.42. The molecule has 96 valence electrons. The molecule has 0 saturated heterocycles. The number of nitrogens with zero attached hydrogens (tertiary/aromatic N) is 1. The molecule has 2 N–H and O–H groups in total. The summed E-state index contributed by atoms with van der Waals surface area (Å²) in [4.78, 5) is 0. The molecular weight excluding hydrogens is 260 g/mol. The maximum absolute atomic E-state index is 11.7. The number of hydrogen-bond acceptors (Lipinski definition) is 4. The highest BCUT2D eigenvalue weighted by Crippen LogP contribution is 2.10. The fraction of sp³-hybridized carbons (Fsp3) is 0.500. The molecule has 0 radical (unpaired) electrons. The van der Waals surface area contributed by atoms with Gasteiger partial charge in [-0.2, -0.15) is 4.73 Å². The molecule has 0 amide bonds. The van der Waals surface area contributed by atoms with Crippen molar-refractivity contribution in [1.82, 2.24) is 4.73 Å². The van der Waals surface area contributed by atoms with Gasteiger partial charge >= 0.3 is 0 Å². The van der Waals surface area contributed by atoms with Crippen LogP contribution in [-0.4, -0.2) is 24.1 Å². The first-order valence-corrected chi connectivity index (χ1v) is 7.44. The minimum Gasteiger partial charge on any atom is -0.426 e. The van der Waals surface area contributed by atoms with E-state index < -0.39 is 10.0 Å². The summed E-state index contributed by atoms with van der Waals surface area (Å²) >= 11 is 4.81. The molecule has 0 aliphatic rings. The van der Waals surface area contributed by atoms with Crippen LogP contribution in [0.5, 0.6) is 0 Å². The quantitative estimate of drug-likeness (QED) is 0.475. The van der Waals surface area contributed by atoms with Gasteiger partial charge in [0.05, 0.1) is 5.75 Å². The molecule has 5 nitrogen and oxygen atoms in total. The van der Waals surface area contributed by atoms with E-state index in [-0.39, 0.29) is 16.2 Å². The summed E-state index contributed by atoms with van der Waals surface area (Å²) in [6.07, 6.45) is 2.42.